The van der Waals surface area contributed by atoms with E-state index < -0.39 is 10.0 Å². The lowest BCUT2D eigenvalue weighted by Gasteiger charge is -2.26. The molecule has 0 unspecified atom stereocenters. The largest absolute Gasteiger partial charge is 0.322 e. The van der Waals surface area contributed by atoms with Gasteiger partial charge in [0, 0.05) is 43.5 Å². The summed E-state index contributed by atoms with van der Waals surface area (Å²) in [5, 5.41) is 2.76. The Morgan fingerprint density at radius 3 is 2.36 bits per heavy atom. The van der Waals surface area contributed by atoms with Crippen molar-refractivity contribution < 1.29 is 18.0 Å². The quantitative estimate of drug-likeness (QED) is 0.652. The first kappa shape index (κ1) is 23.2. The van der Waals surface area contributed by atoms with Crippen LogP contribution in [0.1, 0.15) is 43.2 Å². The predicted octanol–water partition coefficient (Wildman–Crippen LogP) is 3.95. The Morgan fingerprint density at radius 1 is 0.970 bits per heavy atom. The summed E-state index contributed by atoms with van der Waals surface area (Å²) in [7, 11) is -3.59. The standard InChI is InChI=1S/C25H29N3O4S/c1-19-7-11-21(18-23(19)33(31,32)27-15-3-2-4-16-27)26-24(29)14-10-20-8-12-22(13-9-20)28-17-5-6-25(28)30/h7-14,18H,2-6,15-17H2,1H3,(H,26,29)/b14-10+. The first-order valence-corrected chi connectivity index (χ1v) is 12.8. The van der Waals surface area contributed by atoms with Gasteiger partial charge in [-0.2, -0.15) is 4.31 Å². The minimum Gasteiger partial charge on any atom is -0.322 e. The van der Waals surface area contributed by atoms with Crippen LogP contribution in [0.4, 0.5) is 11.4 Å². The van der Waals surface area contributed by atoms with E-state index in [0.717, 1.165) is 43.5 Å². The zero-order valence-corrected chi connectivity index (χ0v) is 19.6. The fourth-order valence-corrected chi connectivity index (χ4v) is 6.01. The van der Waals surface area contributed by atoms with E-state index in [1.54, 1.807) is 30.0 Å². The highest BCUT2D eigenvalue weighted by atomic mass is 32.2. The van der Waals surface area contributed by atoms with Crippen LogP contribution in [-0.4, -0.2) is 44.2 Å². The molecule has 2 aliphatic rings. The Labute approximate surface area is 195 Å². The van der Waals surface area contributed by atoms with E-state index in [0.29, 0.717) is 30.8 Å². The van der Waals surface area contributed by atoms with Gasteiger partial charge in [-0.05, 0) is 67.7 Å². The molecule has 0 spiro atoms. The molecular weight excluding hydrogens is 438 g/mol. The van der Waals surface area contributed by atoms with E-state index in [1.807, 2.05) is 24.3 Å². The van der Waals surface area contributed by atoms with Crippen LogP contribution in [0.25, 0.3) is 6.08 Å². The van der Waals surface area contributed by atoms with Gasteiger partial charge >= 0.3 is 0 Å². The molecule has 7 nitrogen and oxygen atoms in total. The average molecular weight is 468 g/mol. The van der Waals surface area contributed by atoms with Crippen molar-refractivity contribution in [2.45, 2.75) is 43.9 Å². The van der Waals surface area contributed by atoms with E-state index in [1.165, 1.54) is 16.4 Å². The number of nitrogens with one attached hydrogen (secondary N) is 1. The Bertz CT molecular complexity index is 1170. The number of benzene rings is 2. The molecule has 2 aliphatic heterocycles. The van der Waals surface area contributed by atoms with E-state index in [-0.39, 0.29) is 16.7 Å². The SMILES string of the molecule is Cc1ccc(NC(=O)/C=C/c2ccc(N3CCCC3=O)cc2)cc1S(=O)(=O)N1CCCCC1. The van der Waals surface area contributed by atoms with E-state index in [2.05, 4.69) is 5.32 Å². The maximum absolute atomic E-state index is 13.1. The molecule has 0 aliphatic carbocycles. The highest BCUT2D eigenvalue weighted by molar-refractivity contribution is 7.89. The van der Waals surface area contributed by atoms with Crippen molar-refractivity contribution in [1.29, 1.82) is 0 Å². The lowest BCUT2D eigenvalue weighted by molar-refractivity contribution is -0.117. The molecule has 0 radical (unpaired) electrons. The molecule has 0 aromatic heterocycles. The van der Waals surface area contributed by atoms with Crippen molar-refractivity contribution in [3.63, 3.8) is 0 Å². The summed E-state index contributed by atoms with van der Waals surface area (Å²) < 4.78 is 27.7. The lowest BCUT2D eigenvalue weighted by atomic mass is 10.2. The third-order valence-corrected chi connectivity index (χ3v) is 8.13. The number of aryl methyl sites for hydroxylation is 1. The predicted molar refractivity (Wildman–Crippen MR) is 129 cm³/mol. The summed E-state index contributed by atoms with van der Waals surface area (Å²) >= 11 is 0. The third kappa shape index (κ3) is 5.34. The highest BCUT2D eigenvalue weighted by Gasteiger charge is 2.27. The van der Waals surface area contributed by atoms with Gasteiger partial charge in [-0.1, -0.05) is 24.6 Å². The molecule has 0 saturated carbocycles. The van der Waals surface area contributed by atoms with Crippen LogP contribution in [0.5, 0.6) is 0 Å². The summed E-state index contributed by atoms with van der Waals surface area (Å²) in [5.41, 5.74) is 2.79. The average Bonchev–Trinajstić information content (AvgIpc) is 3.25. The fraction of sp³-hybridized carbons (Fsp3) is 0.360. The number of nitrogens with zero attached hydrogens (tertiary/aromatic N) is 2. The Kier molecular flexibility index (Phi) is 6.95. The molecule has 174 valence electrons. The summed E-state index contributed by atoms with van der Waals surface area (Å²) in [6.45, 7) is 3.57. The Balaban J connectivity index is 1.42. The normalized spacial score (nSPS) is 17.6. The van der Waals surface area contributed by atoms with Crippen LogP contribution in [0.3, 0.4) is 0 Å². The van der Waals surface area contributed by atoms with Gasteiger partial charge in [0.15, 0.2) is 0 Å². The number of carbonyl (C=O) groups is 2. The first-order chi connectivity index (χ1) is 15.8. The number of hydrogen-bond acceptors (Lipinski definition) is 4. The van der Waals surface area contributed by atoms with E-state index in [9.17, 15) is 18.0 Å². The van der Waals surface area contributed by atoms with Crippen molar-refractivity contribution in [1.82, 2.24) is 4.31 Å². The van der Waals surface area contributed by atoms with Crippen molar-refractivity contribution >= 4 is 39.3 Å². The molecule has 4 rings (SSSR count). The molecule has 2 amide bonds. The second kappa shape index (κ2) is 9.89. The van der Waals surface area contributed by atoms with Crippen molar-refractivity contribution in [3.05, 3.63) is 59.7 Å². The van der Waals surface area contributed by atoms with Crippen molar-refractivity contribution in [2.24, 2.45) is 0 Å². The molecular formula is C25H29N3O4S. The molecule has 1 N–H and O–H groups in total. The molecule has 2 heterocycles. The molecule has 2 fully saturated rings. The minimum atomic E-state index is -3.59. The van der Waals surface area contributed by atoms with Crippen LogP contribution in [-0.2, 0) is 19.6 Å². The summed E-state index contributed by atoms with van der Waals surface area (Å²) in [6.07, 6.45) is 7.35. The van der Waals surface area contributed by atoms with Crippen molar-refractivity contribution in [3.8, 4) is 0 Å². The topological polar surface area (TPSA) is 86.8 Å². The van der Waals surface area contributed by atoms with Crippen LogP contribution < -0.4 is 10.2 Å². The number of carbonyl (C=O) groups excluding carboxylic acids is 2. The lowest BCUT2D eigenvalue weighted by Crippen LogP contribution is -2.36. The number of amides is 2. The van der Waals surface area contributed by atoms with Gasteiger partial charge in [0.25, 0.3) is 0 Å². The molecule has 0 atom stereocenters. The number of sulfonamides is 1. The van der Waals surface area contributed by atoms with E-state index in [4.69, 9.17) is 0 Å². The Morgan fingerprint density at radius 2 is 1.70 bits per heavy atom. The zero-order chi connectivity index (χ0) is 23.4. The Hall–Kier alpha value is -2.97. The smallest absolute Gasteiger partial charge is 0.248 e. The van der Waals surface area contributed by atoms with Gasteiger partial charge < -0.3 is 10.2 Å². The number of hydrogen-bond donors (Lipinski definition) is 1. The zero-order valence-electron chi connectivity index (χ0n) is 18.8. The number of piperidine rings is 1. The van der Waals surface area contributed by atoms with Crippen LogP contribution in [0.15, 0.2) is 53.4 Å². The maximum Gasteiger partial charge on any atom is 0.248 e. The second-order valence-corrected chi connectivity index (χ2v) is 10.4. The highest BCUT2D eigenvalue weighted by Crippen LogP contribution is 2.26. The fourth-order valence-electron chi connectivity index (χ4n) is 4.24. The maximum atomic E-state index is 13.1. The number of rotatable bonds is 6. The molecule has 2 aromatic rings. The molecule has 8 heteroatoms. The van der Waals surface area contributed by atoms with Gasteiger partial charge in [-0.25, -0.2) is 8.42 Å². The molecule has 33 heavy (non-hydrogen) atoms. The minimum absolute atomic E-state index is 0.137. The van der Waals surface area contributed by atoms with Crippen LogP contribution in [0.2, 0.25) is 0 Å². The van der Waals surface area contributed by atoms with Gasteiger partial charge in [-0.15, -0.1) is 0 Å². The summed E-state index contributed by atoms with van der Waals surface area (Å²) in [6, 6.07) is 12.4. The van der Waals surface area contributed by atoms with Gasteiger partial charge in [-0.3, -0.25) is 9.59 Å². The van der Waals surface area contributed by atoms with Crippen LogP contribution >= 0.6 is 0 Å². The molecule has 2 aromatic carbocycles. The summed E-state index contributed by atoms with van der Waals surface area (Å²) in [5.74, 6) is -0.212. The molecule has 0 bridgehead atoms. The summed E-state index contributed by atoms with van der Waals surface area (Å²) in [4.78, 5) is 26.3. The van der Waals surface area contributed by atoms with E-state index >= 15 is 0 Å². The number of anilines is 2. The molecule has 2 saturated heterocycles. The monoisotopic (exact) mass is 467 g/mol. The third-order valence-electron chi connectivity index (χ3n) is 6.09. The van der Waals surface area contributed by atoms with Crippen molar-refractivity contribution in [2.75, 3.05) is 29.9 Å². The van der Waals surface area contributed by atoms with Gasteiger partial charge in [0.2, 0.25) is 21.8 Å². The van der Waals surface area contributed by atoms with Crippen LogP contribution in [0, 0.1) is 6.92 Å². The second-order valence-electron chi connectivity index (χ2n) is 8.51. The first-order valence-electron chi connectivity index (χ1n) is 11.3. The van der Waals surface area contributed by atoms with Gasteiger partial charge in [0.1, 0.15) is 0 Å². The van der Waals surface area contributed by atoms with Gasteiger partial charge in [0.05, 0.1) is 4.90 Å².